The molecule has 112 valence electrons. The van der Waals surface area contributed by atoms with Crippen molar-refractivity contribution < 1.29 is 4.74 Å². The van der Waals surface area contributed by atoms with Crippen molar-refractivity contribution in [3.63, 3.8) is 0 Å². The molecule has 5 nitrogen and oxygen atoms in total. The van der Waals surface area contributed by atoms with Crippen LogP contribution in [0, 0.1) is 0 Å². The minimum Gasteiger partial charge on any atom is -0.381 e. The van der Waals surface area contributed by atoms with E-state index in [4.69, 9.17) is 15.5 Å². The van der Waals surface area contributed by atoms with E-state index in [2.05, 4.69) is 16.8 Å². The lowest BCUT2D eigenvalue weighted by molar-refractivity contribution is 0.0439. The predicted molar refractivity (Wildman–Crippen MR) is 85.4 cm³/mol. The van der Waals surface area contributed by atoms with Gasteiger partial charge in [0.15, 0.2) is 11.6 Å². The molecular formula is C16H22N4O. The third-order valence-electron chi connectivity index (χ3n) is 3.81. The highest BCUT2D eigenvalue weighted by Crippen LogP contribution is 2.26. The largest absolute Gasteiger partial charge is 0.381 e. The molecule has 0 spiro atoms. The van der Waals surface area contributed by atoms with Crippen molar-refractivity contribution in [3.8, 4) is 0 Å². The molecule has 1 fully saturated rings. The van der Waals surface area contributed by atoms with Gasteiger partial charge in [0.1, 0.15) is 0 Å². The van der Waals surface area contributed by atoms with Gasteiger partial charge in [-0.2, -0.15) is 0 Å². The van der Waals surface area contributed by atoms with Gasteiger partial charge in [-0.05, 0) is 31.4 Å². The molecule has 3 rings (SSSR count). The molecule has 21 heavy (non-hydrogen) atoms. The van der Waals surface area contributed by atoms with Gasteiger partial charge in [0.05, 0.1) is 17.1 Å². The Hall–Kier alpha value is -1.88. The highest BCUT2D eigenvalue weighted by Gasteiger charge is 2.23. The second kappa shape index (κ2) is 6.26. The Balaban J connectivity index is 1.83. The predicted octanol–water partition coefficient (Wildman–Crippen LogP) is 2.61. The summed E-state index contributed by atoms with van der Waals surface area (Å²) in [6.45, 7) is 4.76. The maximum atomic E-state index is 6.11. The zero-order valence-electron chi connectivity index (χ0n) is 12.5. The Morgan fingerprint density at radius 1 is 1.29 bits per heavy atom. The highest BCUT2D eigenvalue weighted by atomic mass is 16.5. The maximum Gasteiger partial charge on any atom is 0.172 e. The minimum absolute atomic E-state index is 0.270. The Morgan fingerprint density at radius 2 is 2.05 bits per heavy atom. The van der Waals surface area contributed by atoms with Crippen LogP contribution in [0.2, 0.25) is 0 Å². The van der Waals surface area contributed by atoms with Gasteiger partial charge in [-0.3, -0.25) is 0 Å². The molecule has 1 aliphatic heterocycles. The van der Waals surface area contributed by atoms with E-state index in [9.17, 15) is 0 Å². The Morgan fingerprint density at radius 3 is 2.81 bits per heavy atom. The summed E-state index contributed by atoms with van der Waals surface area (Å²) in [4.78, 5) is 11.4. The number of para-hydroxylation sites is 2. The van der Waals surface area contributed by atoms with Crippen LogP contribution < -0.4 is 10.6 Å². The fourth-order valence-corrected chi connectivity index (χ4v) is 2.79. The number of nitrogens with two attached hydrogens (primary N) is 1. The first-order valence-corrected chi connectivity index (χ1v) is 7.66. The van der Waals surface area contributed by atoms with E-state index < -0.39 is 0 Å². The van der Waals surface area contributed by atoms with Crippen LogP contribution in [0.15, 0.2) is 24.3 Å². The summed E-state index contributed by atoms with van der Waals surface area (Å²) in [6.07, 6.45) is 3.53. The molecule has 2 heterocycles. The summed E-state index contributed by atoms with van der Waals surface area (Å²) in [5.41, 5.74) is 7.84. The summed E-state index contributed by atoms with van der Waals surface area (Å²) >= 11 is 0. The number of piperidine rings is 1. The molecule has 0 radical (unpaired) electrons. The molecule has 5 heteroatoms. The van der Waals surface area contributed by atoms with Crippen LogP contribution in [0.4, 0.5) is 11.6 Å². The number of hydrogen-bond acceptors (Lipinski definition) is 5. The number of anilines is 2. The first-order valence-electron chi connectivity index (χ1n) is 7.66. The van der Waals surface area contributed by atoms with Gasteiger partial charge in [-0.1, -0.05) is 19.1 Å². The molecule has 1 unspecified atom stereocenters. The summed E-state index contributed by atoms with van der Waals surface area (Å²) in [5.74, 6) is 1.29. The maximum absolute atomic E-state index is 6.11. The van der Waals surface area contributed by atoms with Crippen LogP contribution in [0.1, 0.15) is 26.2 Å². The zero-order valence-corrected chi connectivity index (χ0v) is 12.5. The van der Waals surface area contributed by atoms with Gasteiger partial charge >= 0.3 is 0 Å². The van der Waals surface area contributed by atoms with E-state index in [1.807, 2.05) is 24.3 Å². The van der Waals surface area contributed by atoms with Crippen molar-refractivity contribution >= 4 is 22.7 Å². The van der Waals surface area contributed by atoms with Crippen molar-refractivity contribution in [2.24, 2.45) is 0 Å². The number of ether oxygens (including phenoxy) is 1. The van der Waals surface area contributed by atoms with Crippen LogP contribution in [0.25, 0.3) is 11.0 Å². The number of nitrogen functional groups attached to an aromatic ring is 1. The normalized spacial score (nSPS) is 19.1. The number of fused-ring (bicyclic) bond motifs is 1. The molecule has 0 saturated carbocycles. The molecule has 2 aromatic rings. The number of benzene rings is 1. The highest BCUT2D eigenvalue weighted by molar-refractivity contribution is 5.79. The topological polar surface area (TPSA) is 64.3 Å². The summed E-state index contributed by atoms with van der Waals surface area (Å²) < 4.78 is 5.88. The summed E-state index contributed by atoms with van der Waals surface area (Å²) in [5, 5.41) is 0. The molecule has 1 saturated heterocycles. The monoisotopic (exact) mass is 286 g/mol. The molecule has 0 amide bonds. The molecule has 0 bridgehead atoms. The zero-order chi connectivity index (χ0) is 14.7. The molecule has 0 aliphatic carbocycles. The Kier molecular flexibility index (Phi) is 4.20. The van der Waals surface area contributed by atoms with Gasteiger partial charge in [0.25, 0.3) is 0 Å². The second-order valence-electron chi connectivity index (χ2n) is 5.50. The van der Waals surface area contributed by atoms with E-state index in [-0.39, 0.29) is 6.10 Å². The third-order valence-corrected chi connectivity index (χ3v) is 3.81. The molecular weight excluding hydrogens is 264 g/mol. The average molecular weight is 286 g/mol. The van der Waals surface area contributed by atoms with E-state index in [1.165, 1.54) is 0 Å². The average Bonchev–Trinajstić information content (AvgIpc) is 2.52. The molecule has 1 aliphatic rings. The van der Waals surface area contributed by atoms with Crippen molar-refractivity contribution in [1.29, 1.82) is 0 Å². The first-order chi connectivity index (χ1) is 10.3. The van der Waals surface area contributed by atoms with Gasteiger partial charge in [-0.25, -0.2) is 9.97 Å². The van der Waals surface area contributed by atoms with Crippen LogP contribution in [0.3, 0.4) is 0 Å². The third kappa shape index (κ3) is 3.08. The smallest absolute Gasteiger partial charge is 0.172 e. The SMILES string of the molecule is CCCOC1CCCN(c2nc3ccccc3nc2N)C1. The van der Waals surface area contributed by atoms with Crippen LogP contribution >= 0.6 is 0 Å². The van der Waals surface area contributed by atoms with E-state index in [1.54, 1.807) is 0 Å². The van der Waals surface area contributed by atoms with E-state index in [0.717, 1.165) is 55.8 Å². The standard InChI is InChI=1S/C16H22N4O/c1-2-10-21-12-6-5-9-20(11-12)16-15(17)18-13-7-3-4-8-14(13)19-16/h3-4,7-8,12H,2,5-6,9-11H2,1H3,(H2,17,18). The van der Waals surface area contributed by atoms with Gasteiger partial charge in [0, 0.05) is 19.7 Å². The fourth-order valence-electron chi connectivity index (χ4n) is 2.79. The molecule has 1 aromatic carbocycles. The first kappa shape index (κ1) is 14.1. The second-order valence-corrected chi connectivity index (χ2v) is 5.50. The lowest BCUT2D eigenvalue weighted by Gasteiger charge is -2.33. The van der Waals surface area contributed by atoms with Crippen LogP contribution in [-0.4, -0.2) is 35.8 Å². The Labute approximate surface area is 125 Å². The fraction of sp³-hybridized carbons (Fsp3) is 0.500. The van der Waals surface area contributed by atoms with Gasteiger partial charge in [-0.15, -0.1) is 0 Å². The van der Waals surface area contributed by atoms with E-state index in [0.29, 0.717) is 5.82 Å². The number of nitrogens with zero attached hydrogens (tertiary/aromatic N) is 3. The summed E-state index contributed by atoms with van der Waals surface area (Å²) in [7, 11) is 0. The lowest BCUT2D eigenvalue weighted by atomic mass is 10.1. The lowest BCUT2D eigenvalue weighted by Crippen LogP contribution is -2.40. The van der Waals surface area contributed by atoms with Crippen LogP contribution in [-0.2, 0) is 4.74 Å². The van der Waals surface area contributed by atoms with E-state index >= 15 is 0 Å². The Bertz CT molecular complexity index is 616. The van der Waals surface area contributed by atoms with Crippen LogP contribution in [0.5, 0.6) is 0 Å². The number of rotatable bonds is 4. The number of aromatic nitrogens is 2. The minimum atomic E-state index is 0.270. The quantitative estimate of drug-likeness (QED) is 0.936. The molecule has 2 N–H and O–H groups in total. The van der Waals surface area contributed by atoms with Gasteiger partial charge in [0.2, 0.25) is 0 Å². The van der Waals surface area contributed by atoms with Crippen molar-refractivity contribution in [3.05, 3.63) is 24.3 Å². The van der Waals surface area contributed by atoms with Gasteiger partial charge < -0.3 is 15.4 Å². The van der Waals surface area contributed by atoms with Crippen molar-refractivity contribution in [2.45, 2.75) is 32.3 Å². The van der Waals surface area contributed by atoms with Crippen molar-refractivity contribution in [1.82, 2.24) is 9.97 Å². The summed E-state index contributed by atoms with van der Waals surface area (Å²) in [6, 6.07) is 7.83. The molecule has 1 aromatic heterocycles. The van der Waals surface area contributed by atoms with Crippen molar-refractivity contribution in [2.75, 3.05) is 30.3 Å². The number of hydrogen-bond donors (Lipinski definition) is 1. The molecule has 1 atom stereocenters.